The largest absolute Gasteiger partial charge is 0.463 e. The first kappa shape index (κ1) is 38.6. The van der Waals surface area contributed by atoms with Crippen molar-refractivity contribution in [3.8, 4) is 0 Å². The molecule has 2 unspecified atom stereocenters. The van der Waals surface area contributed by atoms with Crippen LogP contribution in [0.4, 0.5) is 0 Å². The minimum absolute atomic E-state index is 0.137. The molecule has 0 aromatic heterocycles. The molecule has 0 N–H and O–H groups in total. The highest BCUT2D eigenvalue weighted by Crippen LogP contribution is 2.16. The maximum atomic E-state index is 12.8. The standard InChI is InChI=1S/C33H58O8/c1-6-10-14-18-22-28(32(36)38-24-20-16-12-8-3)40-30(34)26-27(5)31(35)41-29(23-19-15-11-7-2)33(37)39-25-21-17-13-9-4/h28-29H,5-26H2,1-4H3. The van der Waals surface area contributed by atoms with Gasteiger partial charge in [0.05, 0.1) is 19.6 Å². The van der Waals surface area contributed by atoms with E-state index in [-0.39, 0.29) is 18.8 Å². The van der Waals surface area contributed by atoms with Crippen LogP contribution < -0.4 is 0 Å². The number of unbranched alkanes of at least 4 members (excludes halogenated alkanes) is 12. The van der Waals surface area contributed by atoms with Crippen LogP contribution in [-0.2, 0) is 38.1 Å². The number of carbonyl (C=O) groups excluding carboxylic acids is 4. The summed E-state index contributed by atoms with van der Waals surface area (Å²) in [6, 6.07) is 0. The monoisotopic (exact) mass is 582 g/mol. The van der Waals surface area contributed by atoms with Crippen LogP contribution in [0.15, 0.2) is 12.2 Å². The molecule has 0 aliphatic carbocycles. The second kappa shape index (κ2) is 26.5. The number of hydrogen-bond acceptors (Lipinski definition) is 8. The molecule has 0 saturated heterocycles. The van der Waals surface area contributed by atoms with Crippen molar-refractivity contribution in [3.05, 3.63) is 12.2 Å². The molecule has 0 saturated carbocycles. The van der Waals surface area contributed by atoms with Crippen LogP contribution in [0.3, 0.4) is 0 Å². The van der Waals surface area contributed by atoms with E-state index in [0.717, 1.165) is 96.3 Å². The van der Waals surface area contributed by atoms with Gasteiger partial charge in [0, 0.05) is 5.57 Å². The zero-order valence-corrected chi connectivity index (χ0v) is 26.5. The van der Waals surface area contributed by atoms with Gasteiger partial charge in [-0.2, -0.15) is 0 Å². The maximum Gasteiger partial charge on any atom is 0.347 e. The zero-order chi connectivity index (χ0) is 30.7. The highest BCUT2D eigenvalue weighted by atomic mass is 16.6. The highest BCUT2D eigenvalue weighted by Gasteiger charge is 2.28. The lowest BCUT2D eigenvalue weighted by Crippen LogP contribution is -2.32. The van der Waals surface area contributed by atoms with Crippen LogP contribution in [0.5, 0.6) is 0 Å². The Hall–Kier alpha value is -2.38. The lowest BCUT2D eigenvalue weighted by atomic mass is 10.1. The number of rotatable bonds is 27. The van der Waals surface area contributed by atoms with E-state index >= 15 is 0 Å². The van der Waals surface area contributed by atoms with E-state index < -0.39 is 42.5 Å². The second-order valence-corrected chi connectivity index (χ2v) is 10.8. The van der Waals surface area contributed by atoms with Crippen LogP contribution in [-0.4, -0.2) is 49.3 Å². The minimum atomic E-state index is -1.05. The average molecular weight is 583 g/mol. The Morgan fingerprint density at radius 1 is 0.537 bits per heavy atom. The summed E-state index contributed by atoms with van der Waals surface area (Å²) in [5.74, 6) is -2.74. The molecule has 0 amide bonds. The van der Waals surface area contributed by atoms with E-state index in [4.69, 9.17) is 18.9 Å². The Labute approximate surface area is 249 Å². The lowest BCUT2D eigenvalue weighted by molar-refractivity contribution is -0.169. The summed E-state index contributed by atoms with van der Waals surface area (Å²) in [5, 5.41) is 0. The van der Waals surface area contributed by atoms with Crippen molar-refractivity contribution >= 4 is 23.9 Å². The predicted octanol–water partition coefficient (Wildman–Crippen LogP) is 7.94. The van der Waals surface area contributed by atoms with Crippen LogP contribution in [0.25, 0.3) is 0 Å². The smallest absolute Gasteiger partial charge is 0.347 e. The van der Waals surface area contributed by atoms with Gasteiger partial charge in [-0.05, 0) is 38.5 Å². The normalized spacial score (nSPS) is 12.3. The molecule has 0 heterocycles. The number of ether oxygens (including phenoxy) is 4. The van der Waals surface area contributed by atoms with Crippen molar-refractivity contribution in [3.63, 3.8) is 0 Å². The molecule has 0 radical (unpaired) electrons. The first-order valence-corrected chi connectivity index (χ1v) is 16.2. The van der Waals surface area contributed by atoms with Gasteiger partial charge in [-0.1, -0.05) is 111 Å². The topological polar surface area (TPSA) is 105 Å². The summed E-state index contributed by atoms with van der Waals surface area (Å²) in [7, 11) is 0. The minimum Gasteiger partial charge on any atom is -0.463 e. The van der Waals surface area contributed by atoms with E-state index in [9.17, 15) is 19.2 Å². The van der Waals surface area contributed by atoms with Crippen LogP contribution in [0, 0.1) is 0 Å². The summed E-state index contributed by atoms with van der Waals surface area (Å²) in [5.41, 5.74) is -0.137. The zero-order valence-electron chi connectivity index (χ0n) is 26.5. The Bertz CT molecular complexity index is 733. The molecular weight excluding hydrogens is 524 g/mol. The first-order chi connectivity index (χ1) is 19.8. The van der Waals surface area contributed by atoms with Crippen molar-refractivity contribution in [1.82, 2.24) is 0 Å². The Balaban J connectivity index is 5.01. The average Bonchev–Trinajstić information content (AvgIpc) is 2.95. The van der Waals surface area contributed by atoms with Crippen molar-refractivity contribution < 1.29 is 38.1 Å². The molecule has 0 spiro atoms. The van der Waals surface area contributed by atoms with Gasteiger partial charge in [-0.3, -0.25) is 4.79 Å². The van der Waals surface area contributed by atoms with E-state index in [1.54, 1.807) is 0 Å². The molecule has 0 fully saturated rings. The molecule has 0 rings (SSSR count). The van der Waals surface area contributed by atoms with E-state index in [1.165, 1.54) is 0 Å². The molecule has 2 atom stereocenters. The summed E-state index contributed by atoms with van der Waals surface area (Å²) in [6.07, 6.45) is 13.3. The number of hydrogen-bond donors (Lipinski definition) is 0. The van der Waals surface area contributed by atoms with Gasteiger partial charge >= 0.3 is 23.9 Å². The number of carbonyl (C=O) groups is 4. The molecule has 41 heavy (non-hydrogen) atoms. The molecule has 0 aromatic carbocycles. The van der Waals surface area contributed by atoms with Gasteiger partial charge in [-0.25, -0.2) is 14.4 Å². The molecule has 0 aliphatic rings. The fraction of sp³-hybridized carbons (Fsp3) is 0.818. The van der Waals surface area contributed by atoms with Gasteiger partial charge in [0.2, 0.25) is 0 Å². The maximum absolute atomic E-state index is 12.8. The molecule has 238 valence electrons. The second-order valence-electron chi connectivity index (χ2n) is 10.8. The van der Waals surface area contributed by atoms with Crippen LogP contribution in [0.2, 0.25) is 0 Å². The fourth-order valence-corrected chi connectivity index (χ4v) is 4.21. The summed E-state index contributed by atoms with van der Waals surface area (Å²) < 4.78 is 21.6. The quantitative estimate of drug-likeness (QED) is 0.0416. The molecule has 8 heteroatoms. The fourth-order valence-electron chi connectivity index (χ4n) is 4.21. The van der Waals surface area contributed by atoms with Gasteiger partial charge in [-0.15, -0.1) is 0 Å². The van der Waals surface area contributed by atoms with Gasteiger partial charge < -0.3 is 18.9 Å². The van der Waals surface area contributed by atoms with Gasteiger partial charge in [0.1, 0.15) is 0 Å². The van der Waals surface area contributed by atoms with Crippen LogP contribution in [0.1, 0.15) is 150 Å². The van der Waals surface area contributed by atoms with Crippen molar-refractivity contribution in [2.24, 2.45) is 0 Å². The third kappa shape index (κ3) is 21.0. The molecule has 0 aliphatic heterocycles. The molecule has 0 aromatic rings. The highest BCUT2D eigenvalue weighted by molar-refractivity contribution is 5.95. The Morgan fingerprint density at radius 2 is 0.927 bits per heavy atom. The third-order valence-corrected chi connectivity index (χ3v) is 6.82. The van der Waals surface area contributed by atoms with Gasteiger partial charge in [0.25, 0.3) is 0 Å². The van der Waals surface area contributed by atoms with E-state index in [0.29, 0.717) is 19.3 Å². The summed E-state index contributed by atoms with van der Waals surface area (Å²) >= 11 is 0. The van der Waals surface area contributed by atoms with E-state index in [1.807, 2.05) is 0 Å². The first-order valence-electron chi connectivity index (χ1n) is 16.2. The predicted molar refractivity (Wildman–Crippen MR) is 161 cm³/mol. The molecule has 8 nitrogen and oxygen atoms in total. The summed E-state index contributed by atoms with van der Waals surface area (Å²) in [4.78, 5) is 50.7. The van der Waals surface area contributed by atoms with Crippen molar-refractivity contribution in [2.75, 3.05) is 13.2 Å². The van der Waals surface area contributed by atoms with Crippen LogP contribution >= 0.6 is 0 Å². The Morgan fingerprint density at radius 3 is 1.34 bits per heavy atom. The molecular formula is C33H58O8. The van der Waals surface area contributed by atoms with E-state index in [2.05, 4.69) is 34.3 Å². The lowest BCUT2D eigenvalue weighted by Gasteiger charge is -2.19. The Kier molecular flexibility index (Phi) is 25.0. The number of esters is 4. The third-order valence-electron chi connectivity index (χ3n) is 6.82. The summed E-state index contributed by atoms with van der Waals surface area (Å²) in [6.45, 7) is 12.7. The van der Waals surface area contributed by atoms with Gasteiger partial charge in [0.15, 0.2) is 12.2 Å². The van der Waals surface area contributed by atoms with Crippen molar-refractivity contribution in [1.29, 1.82) is 0 Å². The SMILES string of the molecule is C=C(CC(=O)OC(CCCCCC)C(=O)OCCCCCC)C(=O)OC(CCCCCC)C(=O)OCCCCCC. The molecule has 0 bridgehead atoms. The van der Waals surface area contributed by atoms with Crippen molar-refractivity contribution in [2.45, 2.75) is 162 Å².